The van der Waals surface area contributed by atoms with Crippen LogP contribution in [0.15, 0.2) is 24.3 Å². The van der Waals surface area contributed by atoms with E-state index in [0.29, 0.717) is 6.61 Å². The van der Waals surface area contributed by atoms with Crippen molar-refractivity contribution in [3.8, 4) is 0 Å². The van der Waals surface area contributed by atoms with Crippen LogP contribution in [-0.4, -0.2) is 5.97 Å². The molecule has 0 unspecified atom stereocenters. The van der Waals surface area contributed by atoms with E-state index in [4.69, 9.17) is 4.74 Å². The van der Waals surface area contributed by atoms with Gasteiger partial charge < -0.3 is 0 Å². The second-order valence-electron chi connectivity index (χ2n) is 2.64. The van der Waals surface area contributed by atoms with E-state index in [9.17, 15) is 4.79 Å². The van der Waals surface area contributed by atoms with Gasteiger partial charge in [-0.3, -0.25) is 0 Å². The number of halogens is 2. The van der Waals surface area contributed by atoms with Crippen molar-refractivity contribution in [3.05, 3.63) is 29.8 Å². The second kappa shape index (κ2) is 6.44. The normalized spacial score (nSPS) is 9.86. The molecule has 0 fully saturated rings. The molecule has 0 saturated heterocycles. The van der Waals surface area contributed by atoms with Crippen LogP contribution >= 0.6 is 18.6 Å². The van der Waals surface area contributed by atoms with Crippen molar-refractivity contribution in [1.82, 2.24) is 0 Å². The maximum atomic E-state index is 10.6. The predicted molar refractivity (Wildman–Crippen MR) is 59.6 cm³/mol. The van der Waals surface area contributed by atoms with E-state index in [1.165, 1.54) is 6.92 Å². The van der Waals surface area contributed by atoms with Crippen molar-refractivity contribution < 1.29 is 27.0 Å². The fourth-order valence-corrected chi connectivity index (χ4v) is 3.06. The average molecular weight is 418 g/mol. The third-order valence-electron chi connectivity index (χ3n) is 1.54. The number of carbonyl (C=O) groups excluding carboxylic acids is 1. The molecule has 1 N–H and O–H groups in total. The Morgan fingerprint density at radius 2 is 2.14 bits per heavy atom. The van der Waals surface area contributed by atoms with Crippen LogP contribution in [0.25, 0.3) is 0 Å². The summed E-state index contributed by atoms with van der Waals surface area (Å²) >= 11 is 2.39. The monoisotopic (exact) mass is 418 g/mol. The van der Waals surface area contributed by atoms with Crippen molar-refractivity contribution in [2.75, 3.05) is 3.53 Å². The first kappa shape index (κ1) is 12.0. The van der Waals surface area contributed by atoms with Crippen molar-refractivity contribution >= 4 is 30.3 Å². The molecule has 0 aliphatic rings. The number of hydrogen-bond donors (Lipinski definition) is 1. The van der Waals surface area contributed by atoms with E-state index in [0.717, 1.165) is 11.3 Å². The number of hydrogen-bond acceptors (Lipinski definition) is 3. The first-order valence-corrected chi connectivity index (χ1v) is 11.3. The van der Waals surface area contributed by atoms with Gasteiger partial charge in [-0.25, -0.2) is 0 Å². The Hall–Kier alpha value is -0.0500. The minimum atomic E-state index is -0.245. The molecule has 5 heteroatoms. The summed E-state index contributed by atoms with van der Waals surface area (Å²) in [5.74, 6) is -0.245. The number of rotatable bonds is 4. The van der Waals surface area contributed by atoms with Crippen LogP contribution in [0.3, 0.4) is 0 Å². The zero-order chi connectivity index (χ0) is 10.4. The summed E-state index contributed by atoms with van der Waals surface area (Å²) in [5, 5.41) is 0. The molecule has 0 atom stereocenters. The number of anilines is 1. The molecule has 0 aromatic heterocycles. The van der Waals surface area contributed by atoms with Gasteiger partial charge in [0.2, 0.25) is 0 Å². The minimum absolute atomic E-state index is 0.0346. The van der Waals surface area contributed by atoms with Gasteiger partial charge in [-0.1, -0.05) is 0 Å². The molecule has 1 rings (SSSR count). The third-order valence-corrected chi connectivity index (χ3v) is 3.74. The van der Waals surface area contributed by atoms with Crippen LogP contribution in [0.1, 0.15) is 12.5 Å². The summed E-state index contributed by atoms with van der Waals surface area (Å²) in [6.45, 7) is 1.77. The van der Waals surface area contributed by atoms with Crippen LogP contribution in [0.5, 0.6) is 0 Å². The molecule has 1 aromatic rings. The number of ether oxygens (including phenoxy) is 1. The Bertz CT molecular complexity index is 300. The molecule has 0 aliphatic carbocycles. The SMILES string of the molecule is CC(=O)OCc1ccc(N[I-]I)cc1. The predicted octanol–water partition coefficient (Wildman–Crippen LogP) is -0.484. The Morgan fingerprint density at radius 3 is 2.64 bits per heavy atom. The van der Waals surface area contributed by atoms with Crippen LogP contribution in [0.2, 0.25) is 0 Å². The van der Waals surface area contributed by atoms with Gasteiger partial charge in [-0.2, -0.15) is 0 Å². The number of carbonyl (C=O) groups is 1. The van der Waals surface area contributed by atoms with Crippen molar-refractivity contribution in [2.24, 2.45) is 0 Å². The summed E-state index contributed by atoms with van der Waals surface area (Å²) in [5.41, 5.74) is 2.14. The van der Waals surface area contributed by atoms with Gasteiger partial charge in [0.25, 0.3) is 0 Å². The van der Waals surface area contributed by atoms with Crippen LogP contribution in [0.4, 0.5) is 5.69 Å². The van der Waals surface area contributed by atoms with Gasteiger partial charge in [-0.05, 0) is 0 Å². The average Bonchev–Trinajstić information content (AvgIpc) is 2.17. The maximum absolute atomic E-state index is 10.6. The molecule has 0 bridgehead atoms. The quantitative estimate of drug-likeness (QED) is 0.408. The first-order chi connectivity index (χ1) is 6.72. The number of benzene rings is 1. The molecule has 0 amide bonds. The number of esters is 1. The van der Waals surface area contributed by atoms with Crippen molar-refractivity contribution in [1.29, 1.82) is 0 Å². The molecule has 0 heterocycles. The van der Waals surface area contributed by atoms with E-state index in [1.54, 1.807) is 0 Å². The van der Waals surface area contributed by atoms with Gasteiger partial charge >= 0.3 is 104 Å². The molecule has 0 radical (unpaired) electrons. The van der Waals surface area contributed by atoms with Gasteiger partial charge in [0.1, 0.15) is 0 Å². The molecule has 0 aliphatic heterocycles. The van der Waals surface area contributed by atoms with E-state index in [1.807, 2.05) is 24.3 Å². The summed E-state index contributed by atoms with van der Waals surface area (Å²) in [7, 11) is 0. The van der Waals surface area contributed by atoms with Crippen molar-refractivity contribution in [2.45, 2.75) is 13.5 Å². The van der Waals surface area contributed by atoms with Gasteiger partial charge in [0.05, 0.1) is 0 Å². The third kappa shape index (κ3) is 4.45. The topological polar surface area (TPSA) is 38.3 Å². The molecular weight excluding hydrogens is 408 g/mol. The molecule has 14 heavy (non-hydrogen) atoms. The van der Waals surface area contributed by atoms with Crippen LogP contribution < -0.4 is 21.0 Å². The molecule has 3 nitrogen and oxygen atoms in total. The fourth-order valence-electron chi connectivity index (χ4n) is 0.890. The standard InChI is InChI=1S/C9H10I2NO2/c1-7(13)14-6-8-2-4-9(5-3-8)12-11-10/h2-5,12H,6H2,1H3/q-1. The summed E-state index contributed by atoms with van der Waals surface area (Å²) in [6.07, 6.45) is 0. The van der Waals surface area contributed by atoms with Crippen LogP contribution in [-0.2, 0) is 16.1 Å². The van der Waals surface area contributed by atoms with E-state index >= 15 is 0 Å². The molecular formula is C9H10I2NO2-. The molecule has 0 spiro atoms. The van der Waals surface area contributed by atoms with E-state index in [-0.39, 0.29) is 23.5 Å². The van der Waals surface area contributed by atoms with Gasteiger partial charge in [0.15, 0.2) is 0 Å². The van der Waals surface area contributed by atoms with E-state index < -0.39 is 0 Å². The zero-order valence-corrected chi connectivity index (χ0v) is 11.9. The molecule has 1 aromatic carbocycles. The Labute approximate surface area is 103 Å². The summed E-state index contributed by atoms with van der Waals surface area (Å²) in [6, 6.07) is 7.91. The van der Waals surface area contributed by atoms with E-state index in [2.05, 4.69) is 22.1 Å². The molecule has 78 valence electrons. The Kier molecular flexibility index (Phi) is 5.53. The Balaban J connectivity index is 2.50. The first-order valence-electron chi connectivity index (χ1n) is 3.95. The molecule has 0 saturated carbocycles. The van der Waals surface area contributed by atoms with Gasteiger partial charge in [0, 0.05) is 0 Å². The van der Waals surface area contributed by atoms with Crippen LogP contribution in [0, 0.1) is 0 Å². The second-order valence-corrected chi connectivity index (χ2v) is 6.33. The Morgan fingerprint density at radius 1 is 1.50 bits per heavy atom. The summed E-state index contributed by atoms with van der Waals surface area (Å²) in [4.78, 5) is 10.6. The number of nitrogens with one attached hydrogen (secondary N) is 1. The van der Waals surface area contributed by atoms with Crippen molar-refractivity contribution in [3.63, 3.8) is 0 Å². The zero-order valence-electron chi connectivity index (χ0n) is 7.59. The summed E-state index contributed by atoms with van der Waals surface area (Å²) < 4.78 is 8.16. The fraction of sp³-hybridized carbons (Fsp3) is 0.222. The van der Waals surface area contributed by atoms with Gasteiger partial charge in [-0.15, -0.1) is 0 Å².